The lowest BCUT2D eigenvalue weighted by molar-refractivity contribution is 0.562. The first-order valence-corrected chi connectivity index (χ1v) is 4.14. The molecule has 0 saturated heterocycles. The summed E-state index contributed by atoms with van der Waals surface area (Å²) in [5.74, 6) is 0. The van der Waals surface area contributed by atoms with Crippen molar-refractivity contribution < 1.29 is 4.79 Å². The molecule has 0 N–H and O–H groups in total. The van der Waals surface area contributed by atoms with Crippen molar-refractivity contribution in [3.63, 3.8) is 0 Å². The second-order valence-corrected chi connectivity index (χ2v) is 2.76. The zero-order chi connectivity index (χ0) is 9.80. The fourth-order valence-electron chi connectivity index (χ4n) is 1.18. The van der Waals surface area contributed by atoms with E-state index in [4.69, 9.17) is 0 Å². The number of carbonyl (C=O) groups excluding carboxylic acids is 1. The Labute approximate surface area is 80.3 Å². The van der Waals surface area contributed by atoms with E-state index in [1.165, 1.54) is 6.08 Å². The number of nitrogens with zero attached hydrogens (tertiary/aromatic N) is 3. The van der Waals surface area contributed by atoms with Crippen LogP contribution in [0, 0.1) is 0 Å². The van der Waals surface area contributed by atoms with Gasteiger partial charge in [0.05, 0.1) is 29.5 Å². The van der Waals surface area contributed by atoms with Crippen LogP contribution < -0.4 is 0 Å². The van der Waals surface area contributed by atoms with Gasteiger partial charge in [0.25, 0.3) is 0 Å². The SMILES string of the molecule is O=C=NCc1cnc2ccccc2n1. The van der Waals surface area contributed by atoms with E-state index in [1.54, 1.807) is 6.20 Å². The molecule has 0 atom stereocenters. The van der Waals surface area contributed by atoms with Crippen molar-refractivity contribution in [1.29, 1.82) is 0 Å². The fraction of sp³-hybridized carbons (Fsp3) is 0.100. The minimum absolute atomic E-state index is 0.237. The Balaban J connectivity index is 2.45. The molecule has 4 nitrogen and oxygen atoms in total. The minimum atomic E-state index is 0.237. The van der Waals surface area contributed by atoms with Gasteiger partial charge in [-0.3, -0.25) is 4.98 Å². The van der Waals surface area contributed by atoms with Crippen LogP contribution in [0.1, 0.15) is 5.69 Å². The van der Waals surface area contributed by atoms with Crippen LogP contribution in [-0.2, 0) is 11.3 Å². The highest BCUT2D eigenvalue weighted by molar-refractivity contribution is 5.73. The van der Waals surface area contributed by atoms with Gasteiger partial charge in [-0.15, -0.1) is 0 Å². The van der Waals surface area contributed by atoms with Crippen LogP contribution in [0.25, 0.3) is 11.0 Å². The number of aliphatic imine (C=N–C) groups is 1. The van der Waals surface area contributed by atoms with Gasteiger partial charge in [0.1, 0.15) is 0 Å². The van der Waals surface area contributed by atoms with Crippen LogP contribution in [0.5, 0.6) is 0 Å². The summed E-state index contributed by atoms with van der Waals surface area (Å²) in [7, 11) is 0. The topological polar surface area (TPSA) is 55.2 Å². The van der Waals surface area contributed by atoms with E-state index in [9.17, 15) is 4.79 Å². The molecule has 0 aliphatic carbocycles. The molecule has 0 radical (unpaired) electrons. The molecule has 1 aromatic carbocycles. The number of fused-ring (bicyclic) bond motifs is 1. The van der Waals surface area contributed by atoms with Crippen LogP contribution in [0.4, 0.5) is 0 Å². The normalized spacial score (nSPS) is 9.71. The summed E-state index contributed by atoms with van der Waals surface area (Å²) in [5, 5.41) is 0. The van der Waals surface area contributed by atoms with Gasteiger partial charge in [-0.25, -0.2) is 9.78 Å². The minimum Gasteiger partial charge on any atom is -0.253 e. The lowest BCUT2D eigenvalue weighted by atomic mass is 10.3. The van der Waals surface area contributed by atoms with Gasteiger partial charge >= 0.3 is 0 Å². The van der Waals surface area contributed by atoms with Crippen molar-refractivity contribution in [1.82, 2.24) is 9.97 Å². The molecule has 0 bridgehead atoms. The number of isocyanates is 1. The van der Waals surface area contributed by atoms with Gasteiger partial charge in [-0.2, -0.15) is 4.99 Å². The van der Waals surface area contributed by atoms with Crippen LogP contribution in [0.15, 0.2) is 35.5 Å². The standard InChI is InChI=1S/C10H7N3O/c14-7-11-5-8-6-12-9-3-1-2-4-10(9)13-8/h1-4,6H,5H2. The molecule has 0 saturated carbocycles. The lowest BCUT2D eigenvalue weighted by Crippen LogP contribution is -1.90. The van der Waals surface area contributed by atoms with Gasteiger partial charge in [-0.05, 0) is 12.1 Å². The molecule has 0 aliphatic rings. The van der Waals surface area contributed by atoms with Crippen molar-refractivity contribution in [2.45, 2.75) is 6.54 Å². The molecule has 1 heterocycles. The number of para-hydroxylation sites is 2. The summed E-state index contributed by atoms with van der Waals surface area (Å²) in [5.41, 5.74) is 2.32. The van der Waals surface area contributed by atoms with Gasteiger partial charge in [0.2, 0.25) is 6.08 Å². The molecule has 1 aromatic heterocycles. The summed E-state index contributed by atoms with van der Waals surface area (Å²) in [6.45, 7) is 0.237. The Bertz CT molecular complexity index is 503. The highest BCUT2D eigenvalue weighted by Gasteiger charge is 1.97. The van der Waals surface area contributed by atoms with E-state index in [2.05, 4.69) is 15.0 Å². The highest BCUT2D eigenvalue weighted by Crippen LogP contribution is 2.08. The third-order valence-corrected chi connectivity index (χ3v) is 1.80. The third-order valence-electron chi connectivity index (χ3n) is 1.80. The van der Waals surface area contributed by atoms with Gasteiger partial charge in [0, 0.05) is 0 Å². The molecule has 2 rings (SSSR count). The van der Waals surface area contributed by atoms with Gasteiger partial charge < -0.3 is 0 Å². The molecule has 14 heavy (non-hydrogen) atoms. The first-order chi connectivity index (χ1) is 6.90. The predicted octanol–water partition coefficient (Wildman–Crippen LogP) is 1.47. The summed E-state index contributed by atoms with van der Waals surface area (Å²) < 4.78 is 0. The zero-order valence-electron chi connectivity index (χ0n) is 7.34. The van der Waals surface area contributed by atoms with E-state index in [0.29, 0.717) is 5.69 Å². The maximum absolute atomic E-state index is 9.90. The quantitative estimate of drug-likeness (QED) is 0.525. The molecule has 0 amide bonds. The Morgan fingerprint density at radius 3 is 2.86 bits per heavy atom. The molecule has 0 aliphatic heterocycles. The van der Waals surface area contributed by atoms with Crippen molar-refractivity contribution in [3.8, 4) is 0 Å². The third kappa shape index (κ3) is 1.65. The van der Waals surface area contributed by atoms with Gasteiger partial charge in [0.15, 0.2) is 0 Å². The second-order valence-electron chi connectivity index (χ2n) is 2.76. The van der Waals surface area contributed by atoms with Crippen molar-refractivity contribution in [2.75, 3.05) is 0 Å². The first kappa shape index (κ1) is 8.53. The Hall–Kier alpha value is -2.06. The Morgan fingerprint density at radius 1 is 1.29 bits per heavy atom. The van der Waals surface area contributed by atoms with E-state index >= 15 is 0 Å². The van der Waals surface area contributed by atoms with Crippen molar-refractivity contribution in [2.24, 2.45) is 4.99 Å². The maximum atomic E-state index is 9.90. The fourth-order valence-corrected chi connectivity index (χ4v) is 1.18. The first-order valence-electron chi connectivity index (χ1n) is 4.14. The largest absolute Gasteiger partial charge is 0.253 e. The number of benzene rings is 1. The Morgan fingerprint density at radius 2 is 2.07 bits per heavy atom. The molecular weight excluding hydrogens is 178 g/mol. The molecule has 0 unspecified atom stereocenters. The van der Waals surface area contributed by atoms with Crippen molar-refractivity contribution in [3.05, 3.63) is 36.2 Å². The maximum Gasteiger partial charge on any atom is 0.235 e. The van der Waals surface area contributed by atoms with E-state index in [1.807, 2.05) is 24.3 Å². The summed E-state index contributed by atoms with van der Waals surface area (Å²) in [6, 6.07) is 7.55. The highest BCUT2D eigenvalue weighted by atomic mass is 16.1. The molecule has 2 aromatic rings. The van der Waals surface area contributed by atoms with Gasteiger partial charge in [-0.1, -0.05) is 12.1 Å². The van der Waals surface area contributed by atoms with E-state index in [-0.39, 0.29) is 6.54 Å². The number of hydrogen-bond donors (Lipinski definition) is 0. The lowest BCUT2D eigenvalue weighted by Gasteiger charge is -1.97. The molecule has 68 valence electrons. The average Bonchev–Trinajstić information content (AvgIpc) is 2.26. The summed E-state index contributed by atoms with van der Waals surface area (Å²) in [6.07, 6.45) is 3.09. The average molecular weight is 185 g/mol. The van der Waals surface area contributed by atoms with E-state index < -0.39 is 0 Å². The van der Waals surface area contributed by atoms with E-state index in [0.717, 1.165) is 11.0 Å². The van der Waals surface area contributed by atoms with Crippen LogP contribution in [0.3, 0.4) is 0 Å². The molecule has 0 spiro atoms. The second kappa shape index (κ2) is 3.77. The van der Waals surface area contributed by atoms with Crippen molar-refractivity contribution >= 4 is 17.1 Å². The van der Waals surface area contributed by atoms with Crippen LogP contribution in [-0.4, -0.2) is 16.0 Å². The van der Waals surface area contributed by atoms with Crippen LogP contribution in [0.2, 0.25) is 0 Å². The number of hydrogen-bond acceptors (Lipinski definition) is 4. The van der Waals surface area contributed by atoms with Crippen LogP contribution >= 0.6 is 0 Å². The molecule has 0 fully saturated rings. The Kier molecular flexibility index (Phi) is 2.30. The summed E-state index contributed by atoms with van der Waals surface area (Å²) >= 11 is 0. The zero-order valence-corrected chi connectivity index (χ0v) is 7.34. The summed E-state index contributed by atoms with van der Waals surface area (Å²) in [4.78, 5) is 21.8. The molecular formula is C10H7N3O. The monoisotopic (exact) mass is 185 g/mol. The number of aromatic nitrogens is 2. The smallest absolute Gasteiger partial charge is 0.235 e. The number of rotatable bonds is 2. The molecule has 4 heteroatoms. The predicted molar refractivity (Wildman–Crippen MR) is 51.4 cm³/mol.